The van der Waals surface area contributed by atoms with Gasteiger partial charge in [0.2, 0.25) is 0 Å². The minimum Gasteiger partial charge on any atom is -0.206 e. The predicted octanol–water partition coefficient (Wildman–Crippen LogP) is 5.99. The summed E-state index contributed by atoms with van der Waals surface area (Å²) in [7, 11) is 0. The summed E-state index contributed by atoms with van der Waals surface area (Å²) in [5.41, 5.74) is 3.00. The van der Waals surface area contributed by atoms with E-state index in [1.54, 1.807) is 12.1 Å². The second-order valence-corrected chi connectivity index (χ2v) is 6.24. The Morgan fingerprint density at radius 2 is 1.83 bits per heavy atom. The van der Waals surface area contributed by atoms with Crippen molar-refractivity contribution in [2.45, 2.75) is 12.3 Å². The maximum atomic E-state index is 13.2. The van der Waals surface area contributed by atoms with Crippen LogP contribution in [0.4, 0.5) is 4.39 Å². The van der Waals surface area contributed by atoms with Gasteiger partial charge in [-0.05, 0) is 63.8 Å². The maximum Gasteiger partial charge on any atom is 0.137 e. The molecule has 0 bridgehead atoms. The average molecular weight is 392 g/mol. The molecule has 0 aliphatic carbocycles. The van der Waals surface area contributed by atoms with Gasteiger partial charge in [0.05, 0.1) is 9.85 Å². The van der Waals surface area contributed by atoms with Crippen LogP contribution in [-0.4, -0.2) is 0 Å². The van der Waals surface area contributed by atoms with Crippen molar-refractivity contribution in [2.75, 3.05) is 0 Å². The Kier molecular flexibility index (Phi) is 4.46. The Bertz CT molecular complexity index is 584. The number of benzene rings is 2. The number of hydrogen-bond donors (Lipinski definition) is 0. The lowest BCUT2D eigenvalue weighted by atomic mass is 10.0. The van der Waals surface area contributed by atoms with E-state index >= 15 is 0 Å². The molecule has 2 rings (SSSR count). The van der Waals surface area contributed by atoms with E-state index in [2.05, 4.69) is 31.9 Å². The van der Waals surface area contributed by atoms with Gasteiger partial charge in [-0.1, -0.05) is 28.1 Å². The molecular weight excluding hydrogens is 382 g/mol. The SMILES string of the molecule is Cc1cc(Br)ccc1C(Cl)c1ccc(F)c(Br)c1. The molecule has 0 saturated carbocycles. The quantitative estimate of drug-likeness (QED) is 0.551. The smallest absolute Gasteiger partial charge is 0.137 e. The van der Waals surface area contributed by atoms with Crippen LogP contribution < -0.4 is 0 Å². The number of rotatable bonds is 2. The second-order valence-electron chi connectivity index (χ2n) is 4.04. The largest absolute Gasteiger partial charge is 0.206 e. The van der Waals surface area contributed by atoms with Crippen LogP contribution in [0.15, 0.2) is 45.3 Å². The fourth-order valence-corrected chi connectivity index (χ4v) is 3.03. The molecule has 0 saturated heterocycles. The second kappa shape index (κ2) is 5.72. The van der Waals surface area contributed by atoms with Crippen molar-refractivity contribution in [3.8, 4) is 0 Å². The predicted molar refractivity (Wildman–Crippen MR) is 80.7 cm³/mol. The number of halogens is 4. The molecule has 2 aromatic rings. The zero-order valence-corrected chi connectivity index (χ0v) is 13.5. The van der Waals surface area contributed by atoms with E-state index in [-0.39, 0.29) is 11.2 Å². The van der Waals surface area contributed by atoms with Crippen molar-refractivity contribution in [1.29, 1.82) is 0 Å². The lowest BCUT2D eigenvalue weighted by Crippen LogP contribution is -1.97. The molecule has 0 amide bonds. The highest BCUT2D eigenvalue weighted by atomic mass is 79.9. The molecule has 1 atom stereocenters. The van der Waals surface area contributed by atoms with E-state index in [0.29, 0.717) is 4.47 Å². The van der Waals surface area contributed by atoms with E-state index in [9.17, 15) is 4.39 Å². The summed E-state index contributed by atoms with van der Waals surface area (Å²) in [4.78, 5) is 0. The van der Waals surface area contributed by atoms with Gasteiger partial charge in [-0.3, -0.25) is 0 Å². The van der Waals surface area contributed by atoms with E-state index in [0.717, 1.165) is 21.2 Å². The monoisotopic (exact) mass is 390 g/mol. The maximum absolute atomic E-state index is 13.2. The van der Waals surface area contributed by atoms with E-state index in [1.807, 2.05) is 25.1 Å². The first-order valence-electron chi connectivity index (χ1n) is 5.34. The lowest BCUT2D eigenvalue weighted by molar-refractivity contribution is 0.620. The number of aryl methyl sites for hydroxylation is 1. The highest BCUT2D eigenvalue weighted by Gasteiger charge is 2.14. The standard InChI is InChI=1S/C14H10Br2ClF/c1-8-6-10(15)3-4-11(8)14(17)9-2-5-13(18)12(16)7-9/h2-7,14H,1H3. The molecule has 0 fully saturated rings. The molecule has 0 spiro atoms. The summed E-state index contributed by atoms with van der Waals surface area (Å²) in [6.07, 6.45) is 0. The summed E-state index contributed by atoms with van der Waals surface area (Å²) >= 11 is 13.1. The Hall–Kier alpha value is -0.380. The molecule has 0 heterocycles. The molecule has 4 heteroatoms. The minimum absolute atomic E-state index is 0.282. The van der Waals surface area contributed by atoms with Crippen LogP contribution in [0.25, 0.3) is 0 Å². The lowest BCUT2D eigenvalue weighted by Gasteiger charge is -2.14. The first kappa shape index (κ1) is 14.0. The summed E-state index contributed by atoms with van der Waals surface area (Å²) in [6, 6.07) is 10.8. The van der Waals surface area contributed by atoms with Crippen molar-refractivity contribution < 1.29 is 4.39 Å². The van der Waals surface area contributed by atoms with Crippen molar-refractivity contribution >= 4 is 43.5 Å². The molecule has 0 N–H and O–H groups in total. The summed E-state index contributed by atoms with van der Waals surface area (Å²) in [5.74, 6) is -0.282. The average Bonchev–Trinajstić information content (AvgIpc) is 2.32. The minimum atomic E-state index is -0.282. The molecule has 0 radical (unpaired) electrons. The van der Waals surface area contributed by atoms with Crippen LogP contribution in [-0.2, 0) is 0 Å². The molecule has 0 nitrogen and oxygen atoms in total. The number of hydrogen-bond acceptors (Lipinski definition) is 0. The Morgan fingerprint density at radius 3 is 2.44 bits per heavy atom. The molecule has 18 heavy (non-hydrogen) atoms. The number of alkyl halides is 1. The summed E-state index contributed by atoms with van der Waals surface area (Å²) < 4.78 is 14.7. The van der Waals surface area contributed by atoms with Crippen molar-refractivity contribution in [3.63, 3.8) is 0 Å². The third-order valence-corrected chi connectivity index (χ3v) is 4.33. The van der Waals surface area contributed by atoms with E-state index < -0.39 is 0 Å². The normalized spacial score (nSPS) is 12.5. The summed E-state index contributed by atoms with van der Waals surface area (Å²) in [5, 5.41) is -0.282. The van der Waals surface area contributed by atoms with Gasteiger partial charge in [-0.15, -0.1) is 11.6 Å². The molecule has 94 valence electrons. The first-order valence-corrected chi connectivity index (χ1v) is 7.36. The van der Waals surface area contributed by atoms with Gasteiger partial charge in [-0.25, -0.2) is 4.39 Å². The fourth-order valence-electron chi connectivity index (χ4n) is 1.77. The van der Waals surface area contributed by atoms with Gasteiger partial charge in [0.25, 0.3) is 0 Å². The molecule has 1 unspecified atom stereocenters. The van der Waals surface area contributed by atoms with Crippen LogP contribution >= 0.6 is 43.5 Å². The van der Waals surface area contributed by atoms with Crippen molar-refractivity contribution in [3.05, 3.63) is 67.9 Å². The summed E-state index contributed by atoms with van der Waals surface area (Å²) in [6.45, 7) is 2.01. The van der Waals surface area contributed by atoms with E-state index in [1.165, 1.54) is 6.07 Å². The van der Waals surface area contributed by atoms with Gasteiger partial charge in [0, 0.05) is 4.47 Å². The first-order chi connectivity index (χ1) is 8.49. The van der Waals surface area contributed by atoms with Gasteiger partial charge >= 0.3 is 0 Å². The third-order valence-electron chi connectivity index (χ3n) is 2.74. The van der Waals surface area contributed by atoms with Crippen LogP contribution in [0.3, 0.4) is 0 Å². The molecular formula is C14H10Br2ClF. The zero-order valence-electron chi connectivity index (χ0n) is 9.55. The molecule has 0 aliphatic rings. The van der Waals surface area contributed by atoms with Gasteiger partial charge in [0.15, 0.2) is 0 Å². The third kappa shape index (κ3) is 2.95. The van der Waals surface area contributed by atoms with Gasteiger partial charge in [0.1, 0.15) is 5.82 Å². The van der Waals surface area contributed by atoms with Gasteiger partial charge < -0.3 is 0 Å². The Labute approximate surface area is 127 Å². The zero-order chi connectivity index (χ0) is 13.3. The highest BCUT2D eigenvalue weighted by molar-refractivity contribution is 9.10. The van der Waals surface area contributed by atoms with Crippen LogP contribution in [0.5, 0.6) is 0 Å². The fraction of sp³-hybridized carbons (Fsp3) is 0.143. The Morgan fingerprint density at radius 1 is 1.11 bits per heavy atom. The molecule has 0 aromatic heterocycles. The van der Waals surface area contributed by atoms with Crippen LogP contribution in [0, 0.1) is 12.7 Å². The molecule has 2 aromatic carbocycles. The van der Waals surface area contributed by atoms with Gasteiger partial charge in [-0.2, -0.15) is 0 Å². The van der Waals surface area contributed by atoms with Crippen molar-refractivity contribution in [2.24, 2.45) is 0 Å². The topological polar surface area (TPSA) is 0 Å². The van der Waals surface area contributed by atoms with Crippen LogP contribution in [0.2, 0.25) is 0 Å². The Balaban J connectivity index is 2.41. The van der Waals surface area contributed by atoms with E-state index in [4.69, 9.17) is 11.6 Å². The van der Waals surface area contributed by atoms with Crippen molar-refractivity contribution in [1.82, 2.24) is 0 Å². The molecule has 0 aliphatic heterocycles. The van der Waals surface area contributed by atoms with Crippen LogP contribution in [0.1, 0.15) is 22.1 Å². The highest BCUT2D eigenvalue weighted by Crippen LogP contribution is 2.33.